The van der Waals surface area contributed by atoms with Gasteiger partial charge in [0.2, 0.25) is 0 Å². The van der Waals surface area contributed by atoms with Gasteiger partial charge in [0.15, 0.2) is 0 Å². The fourth-order valence-corrected chi connectivity index (χ4v) is 4.08. The second-order valence-electron chi connectivity index (χ2n) is 6.94. The lowest BCUT2D eigenvalue weighted by Crippen LogP contribution is -2.49. The van der Waals surface area contributed by atoms with Crippen LogP contribution in [0.5, 0.6) is 0 Å². The molecule has 2 fully saturated rings. The van der Waals surface area contributed by atoms with Crippen LogP contribution < -0.4 is 0 Å². The molecule has 112 valence electrons. The number of aliphatic hydroxyl groups is 3. The van der Waals surface area contributed by atoms with Crippen molar-refractivity contribution < 1.29 is 24.9 Å². The van der Waals surface area contributed by atoms with E-state index in [0.29, 0.717) is 18.4 Å². The minimum Gasteiger partial charge on any atom is -0.461 e. The van der Waals surface area contributed by atoms with Crippen molar-refractivity contribution in [2.45, 2.75) is 57.0 Å². The summed E-state index contributed by atoms with van der Waals surface area (Å²) in [4.78, 5) is 11.8. The molecule has 7 atom stereocenters. The third-order valence-corrected chi connectivity index (χ3v) is 5.50. The summed E-state index contributed by atoms with van der Waals surface area (Å²) in [7, 11) is 0. The number of carbonyl (C=O) groups excluding carboxylic acids is 1. The number of hydrogen-bond donors (Lipinski definition) is 3. The predicted molar refractivity (Wildman–Crippen MR) is 70.6 cm³/mol. The number of ether oxygens (including phenoxy) is 1. The molecule has 0 radical (unpaired) electrons. The van der Waals surface area contributed by atoms with E-state index in [-0.39, 0.29) is 17.8 Å². The Hall–Kier alpha value is -0.910. The van der Waals surface area contributed by atoms with Gasteiger partial charge in [-0.25, -0.2) is 0 Å². The summed E-state index contributed by atoms with van der Waals surface area (Å²) in [6.07, 6.45) is 1.18. The fourth-order valence-electron chi connectivity index (χ4n) is 4.08. The molecule has 0 aromatic rings. The smallest absolute Gasteiger partial charge is 0.309 e. The molecule has 3 rings (SSSR count). The van der Waals surface area contributed by atoms with Gasteiger partial charge in [-0.15, -0.1) is 0 Å². The van der Waals surface area contributed by atoms with E-state index in [9.17, 15) is 20.1 Å². The Balaban J connectivity index is 2.08. The first kappa shape index (κ1) is 14.0. The van der Waals surface area contributed by atoms with Crippen molar-refractivity contribution in [2.24, 2.45) is 17.8 Å². The summed E-state index contributed by atoms with van der Waals surface area (Å²) < 4.78 is 5.49. The summed E-state index contributed by atoms with van der Waals surface area (Å²) in [5.41, 5.74) is -1.90. The standard InChI is InChI=1S/C15H22O5/c1-7-8-4-5-14(2,18)9-6-10(16)15(3,19)11(9)12(8)20-13(7)17/h6-8,10-12,16,18-19H,4-5H2,1-3H3/t7-,8-,10+,11-,12-,14-,15+/m0/s1. The molecule has 0 amide bonds. The van der Waals surface area contributed by atoms with Gasteiger partial charge in [0.25, 0.3) is 0 Å². The average Bonchev–Trinajstić information content (AvgIpc) is 2.69. The van der Waals surface area contributed by atoms with Crippen molar-refractivity contribution in [1.29, 1.82) is 0 Å². The van der Waals surface area contributed by atoms with Crippen LogP contribution in [-0.2, 0) is 9.53 Å². The number of rotatable bonds is 0. The van der Waals surface area contributed by atoms with Crippen molar-refractivity contribution >= 4 is 5.97 Å². The van der Waals surface area contributed by atoms with E-state index in [4.69, 9.17) is 4.74 Å². The van der Waals surface area contributed by atoms with Crippen molar-refractivity contribution in [3.63, 3.8) is 0 Å². The predicted octanol–water partition coefficient (Wildman–Crippen LogP) is 0.377. The molecule has 0 bridgehead atoms. The van der Waals surface area contributed by atoms with Crippen LogP contribution in [0.4, 0.5) is 0 Å². The third kappa shape index (κ3) is 1.70. The van der Waals surface area contributed by atoms with Gasteiger partial charge < -0.3 is 20.1 Å². The highest BCUT2D eigenvalue weighted by Gasteiger charge is 2.60. The third-order valence-electron chi connectivity index (χ3n) is 5.50. The number of aliphatic hydroxyl groups excluding tert-OH is 1. The van der Waals surface area contributed by atoms with Crippen LogP contribution in [0.3, 0.4) is 0 Å². The lowest BCUT2D eigenvalue weighted by Gasteiger charge is -2.36. The molecular formula is C15H22O5. The van der Waals surface area contributed by atoms with Crippen LogP contribution in [0, 0.1) is 17.8 Å². The quantitative estimate of drug-likeness (QED) is 0.441. The zero-order valence-electron chi connectivity index (χ0n) is 12.0. The molecule has 5 nitrogen and oxygen atoms in total. The Bertz CT molecular complexity index is 479. The van der Waals surface area contributed by atoms with Crippen LogP contribution in [0.25, 0.3) is 0 Å². The normalized spacial score (nSPS) is 54.8. The Morgan fingerprint density at radius 2 is 2.00 bits per heavy atom. The Morgan fingerprint density at radius 3 is 2.65 bits per heavy atom. The van der Waals surface area contributed by atoms with Gasteiger partial charge in [-0.3, -0.25) is 4.79 Å². The van der Waals surface area contributed by atoms with Crippen molar-refractivity contribution in [3.05, 3.63) is 11.6 Å². The molecule has 20 heavy (non-hydrogen) atoms. The van der Waals surface area contributed by atoms with Gasteiger partial charge in [0.05, 0.1) is 17.4 Å². The van der Waals surface area contributed by atoms with Crippen molar-refractivity contribution in [2.75, 3.05) is 0 Å². The minimum atomic E-state index is -1.42. The molecule has 1 aliphatic heterocycles. The Kier molecular flexibility index (Phi) is 2.85. The van der Waals surface area contributed by atoms with E-state index in [0.717, 1.165) is 0 Å². The second kappa shape index (κ2) is 4.06. The van der Waals surface area contributed by atoms with Gasteiger partial charge in [0, 0.05) is 5.92 Å². The highest BCUT2D eigenvalue weighted by Crippen LogP contribution is 2.53. The van der Waals surface area contributed by atoms with Gasteiger partial charge in [-0.05, 0) is 32.3 Å². The molecule has 2 aliphatic carbocycles. The van der Waals surface area contributed by atoms with Gasteiger partial charge >= 0.3 is 5.97 Å². The lowest BCUT2D eigenvalue weighted by molar-refractivity contribution is -0.151. The van der Waals surface area contributed by atoms with E-state index in [1.807, 2.05) is 6.92 Å². The van der Waals surface area contributed by atoms with Crippen molar-refractivity contribution in [1.82, 2.24) is 0 Å². The van der Waals surface area contributed by atoms with Gasteiger partial charge in [-0.2, -0.15) is 0 Å². The Labute approximate surface area is 118 Å². The molecule has 0 aromatic carbocycles. The molecule has 5 heteroatoms. The lowest BCUT2D eigenvalue weighted by atomic mass is 9.75. The van der Waals surface area contributed by atoms with E-state index in [1.165, 1.54) is 6.08 Å². The summed E-state index contributed by atoms with van der Waals surface area (Å²) in [5, 5.41) is 31.4. The molecular weight excluding hydrogens is 260 g/mol. The number of fused-ring (bicyclic) bond motifs is 3. The molecule has 0 aromatic heterocycles. The van der Waals surface area contributed by atoms with E-state index in [1.54, 1.807) is 13.8 Å². The maximum Gasteiger partial charge on any atom is 0.309 e. The van der Waals surface area contributed by atoms with Crippen LogP contribution in [0.15, 0.2) is 11.6 Å². The maximum atomic E-state index is 11.8. The first-order chi connectivity index (χ1) is 9.16. The van der Waals surface area contributed by atoms with E-state index >= 15 is 0 Å². The average molecular weight is 282 g/mol. The van der Waals surface area contributed by atoms with Crippen molar-refractivity contribution in [3.8, 4) is 0 Å². The summed E-state index contributed by atoms with van der Waals surface area (Å²) in [6, 6.07) is 0. The van der Waals surface area contributed by atoms with Gasteiger partial charge in [0.1, 0.15) is 17.8 Å². The molecule has 1 saturated carbocycles. The van der Waals surface area contributed by atoms with Gasteiger partial charge in [-0.1, -0.05) is 13.0 Å². The van der Waals surface area contributed by atoms with Crippen LogP contribution in [0.2, 0.25) is 0 Å². The number of hydrogen-bond acceptors (Lipinski definition) is 5. The number of carbonyl (C=O) groups is 1. The van der Waals surface area contributed by atoms with Crippen LogP contribution in [-0.4, -0.2) is 44.7 Å². The second-order valence-corrected chi connectivity index (χ2v) is 6.94. The first-order valence-electron chi connectivity index (χ1n) is 7.22. The summed E-state index contributed by atoms with van der Waals surface area (Å²) in [5.74, 6) is -1.06. The summed E-state index contributed by atoms with van der Waals surface area (Å²) in [6.45, 7) is 5.07. The van der Waals surface area contributed by atoms with Crippen LogP contribution in [0.1, 0.15) is 33.6 Å². The first-order valence-corrected chi connectivity index (χ1v) is 7.22. The topological polar surface area (TPSA) is 87.0 Å². The van der Waals surface area contributed by atoms with E-state index < -0.39 is 29.3 Å². The maximum absolute atomic E-state index is 11.8. The minimum absolute atomic E-state index is 0.0263. The van der Waals surface area contributed by atoms with Crippen LogP contribution >= 0.6 is 0 Å². The molecule has 0 unspecified atom stereocenters. The monoisotopic (exact) mass is 282 g/mol. The highest BCUT2D eigenvalue weighted by molar-refractivity contribution is 5.75. The zero-order chi connectivity index (χ0) is 14.9. The molecule has 1 heterocycles. The highest BCUT2D eigenvalue weighted by atomic mass is 16.6. The summed E-state index contributed by atoms with van der Waals surface area (Å²) >= 11 is 0. The molecule has 1 saturated heterocycles. The molecule has 3 aliphatic rings. The molecule has 3 N–H and O–H groups in total. The molecule has 0 spiro atoms. The SMILES string of the molecule is C[C@@H]1C(=O)O[C@H]2[C@H]1CC[C@](C)(O)C1=C[C@@H](O)[C@@](C)(O)[C@@H]12. The Morgan fingerprint density at radius 1 is 1.35 bits per heavy atom. The number of esters is 1. The largest absolute Gasteiger partial charge is 0.461 e. The zero-order valence-corrected chi connectivity index (χ0v) is 12.0. The fraction of sp³-hybridized carbons (Fsp3) is 0.800. The van der Waals surface area contributed by atoms with E-state index in [2.05, 4.69) is 0 Å².